The molecule has 1 atom stereocenters. The molecular weight excluding hydrogens is 518 g/mol. The van der Waals surface area contributed by atoms with Gasteiger partial charge in [0.15, 0.2) is 0 Å². The zero-order chi connectivity index (χ0) is 29.8. The van der Waals surface area contributed by atoms with Crippen LogP contribution in [0, 0.1) is 32.6 Å². The molecule has 0 radical (unpaired) electrons. The van der Waals surface area contributed by atoms with Crippen molar-refractivity contribution in [2.75, 3.05) is 6.54 Å². The highest BCUT2D eigenvalue weighted by Gasteiger charge is 2.22. The van der Waals surface area contributed by atoms with E-state index >= 15 is 0 Å². The van der Waals surface area contributed by atoms with Crippen molar-refractivity contribution in [1.82, 2.24) is 15.3 Å². The SMILES string of the molecule is C#C.C#C.CC(C)(C)OC(=O)NCCCC(OC1CCCC1)Sc1ccc2nccnc2c1.Cc1ccccc1. The molecule has 2 aromatic carbocycles. The minimum Gasteiger partial charge on any atom is -0.444 e. The number of benzene rings is 2. The molecule has 3 aromatic rings. The molecule has 1 unspecified atom stereocenters. The molecule has 6 nitrogen and oxygen atoms in total. The van der Waals surface area contributed by atoms with Crippen molar-refractivity contribution >= 4 is 28.9 Å². The molecule has 40 heavy (non-hydrogen) atoms. The molecule has 0 bridgehead atoms. The van der Waals surface area contributed by atoms with Crippen LogP contribution in [0.4, 0.5) is 4.79 Å². The average Bonchev–Trinajstić information content (AvgIpc) is 3.46. The number of hydrogen-bond donors (Lipinski definition) is 1. The Hall–Kier alpha value is -3.52. The Kier molecular flexibility index (Phi) is 16.8. The van der Waals surface area contributed by atoms with Crippen molar-refractivity contribution in [1.29, 1.82) is 0 Å². The number of thioether (sulfide) groups is 1. The number of carbonyl (C=O) groups is 1. The Morgan fingerprint density at radius 1 is 1.00 bits per heavy atom. The fourth-order valence-electron chi connectivity index (χ4n) is 3.87. The minimum atomic E-state index is -0.479. The Morgan fingerprint density at radius 2 is 1.62 bits per heavy atom. The highest BCUT2D eigenvalue weighted by Crippen LogP contribution is 2.32. The Morgan fingerprint density at radius 3 is 2.20 bits per heavy atom. The topological polar surface area (TPSA) is 73.3 Å². The van der Waals surface area contributed by atoms with Gasteiger partial charge < -0.3 is 14.8 Å². The zero-order valence-electron chi connectivity index (χ0n) is 24.2. The van der Waals surface area contributed by atoms with Crippen molar-refractivity contribution < 1.29 is 14.3 Å². The van der Waals surface area contributed by atoms with Gasteiger partial charge in [-0.15, -0.1) is 25.7 Å². The lowest BCUT2D eigenvalue weighted by Crippen LogP contribution is -2.33. The average molecular weight is 562 g/mol. The number of carbonyl (C=O) groups excluding carboxylic acids is 1. The summed E-state index contributed by atoms with van der Waals surface area (Å²) in [7, 11) is 0. The number of aromatic nitrogens is 2. The maximum Gasteiger partial charge on any atom is 0.407 e. The van der Waals surface area contributed by atoms with Crippen molar-refractivity contribution in [2.45, 2.75) is 88.3 Å². The number of aryl methyl sites for hydroxylation is 1. The van der Waals surface area contributed by atoms with Gasteiger partial charge >= 0.3 is 6.09 Å². The summed E-state index contributed by atoms with van der Waals surface area (Å²) in [5, 5.41) is 2.83. The van der Waals surface area contributed by atoms with E-state index in [2.05, 4.69) is 72.2 Å². The molecule has 0 saturated heterocycles. The summed E-state index contributed by atoms with van der Waals surface area (Å²) in [5.74, 6) is 0. The Labute approximate surface area is 245 Å². The first kappa shape index (κ1) is 34.5. The quantitative estimate of drug-likeness (QED) is 0.131. The van der Waals surface area contributed by atoms with E-state index in [1.54, 1.807) is 24.2 Å². The number of amides is 1. The lowest BCUT2D eigenvalue weighted by molar-refractivity contribution is 0.0344. The van der Waals surface area contributed by atoms with E-state index in [4.69, 9.17) is 9.47 Å². The lowest BCUT2D eigenvalue weighted by Gasteiger charge is -2.22. The van der Waals surface area contributed by atoms with Crippen molar-refractivity contribution in [3.63, 3.8) is 0 Å². The number of nitrogens with zero attached hydrogens (tertiary/aromatic N) is 2. The number of rotatable bonds is 8. The molecule has 1 heterocycles. The van der Waals surface area contributed by atoms with Crippen LogP contribution in [0.5, 0.6) is 0 Å². The summed E-state index contributed by atoms with van der Waals surface area (Å²) in [6.07, 6.45) is 25.8. The van der Waals surface area contributed by atoms with Gasteiger partial charge in [0.25, 0.3) is 0 Å². The molecule has 0 spiro atoms. The summed E-state index contributed by atoms with van der Waals surface area (Å²) >= 11 is 1.73. The number of fused-ring (bicyclic) bond motifs is 1. The first-order valence-electron chi connectivity index (χ1n) is 13.5. The number of alkyl carbamates (subject to hydrolysis) is 1. The molecule has 7 heteroatoms. The lowest BCUT2D eigenvalue weighted by atomic mass is 10.2. The summed E-state index contributed by atoms with van der Waals surface area (Å²) < 4.78 is 11.7. The van der Waals surface area contributed by atoms with Gasteiger partial charge in [-0.2, -0.15) is 0 Å². The second-order valence-electron chi connectivity index (χ2n) is 10.0. The third-order valence-corrected chi connectivity index (χ3v) is 6.72. The van der Waals surface area contributed by atoms with E-state index in [1.807, 2.05) is 45.0 Å². The summed E-state index contributed by atoms with van der Waals surface area (Å²) in [6, 6.07) is 16.4. The van der Waals surface area contributed by atoms with Gasteiger partial charge in [0.1, 0.15) is 11.0 Å². The molecule has 1 N–H and O–H groups in total. The van der Waals surface area contributed by atoms with Gasteiger partial charge in [0.2, 0.25) is 0 Å². The summed E-state index contributed by atoms with van der Waals surface area (Å²) in [5.41, 5.74) is 2.68. The maximum absolute atomic E-state index is 11.8. The van der Waals surface area contributed by atoms with Crippen LogP contribution in [0.15, 0.2) is 65.8 Å². The van der Waals surface area contributed by atoms with Crippen molar-refractivity contribution in [2.24, 2.45) is 0 Å². The van der Waals surface area contributed by atoms with Gasteiger partial charge in [-0.05, 0) is 71.6 Å². The molecule has 1 amide bonds. The van der Waals surface area contributed by atoms with Gasteiger partial charge in [-0.3, -0.25) is 9.97 Å². The predicted molar refractivity (Wildman–Crippen MR) is 167 cm³/mol. The predicted octanol–water partition coefficient (Wildman–Crippen LogP) is 7.81. The van der Waals surface area contributed by atoms with Crippen LogP contribution in [-0.2, 0) is 9.47 Å². The van der Waals surface area contributed by atoms with Crippen LogP contribution in [0.25, 0.3) is 11.0 Å². The molecular formula is C33H43N3O3S. The van der Waals surface area contributed by atoms with E-state index in [1.165, 1.54) is 18.4 Å². The van der Waals surface area contributed by atoms with Gasteiger partial charge in [0.05, 0.1) is 17.1 Å². The fourth-order valence-corrected chi connectivity index (χ4v) is 5.00. The molecule has 214 valence electrons. The van der Waals surface area contributed by atoms with Gasteiger partial charge in [0, 0.05) is 23.8 Å². The second-order valence-corrected chi connectivity index (χ2v) is 11.3. The number of hydrogen-bond acceptors (Lipinski definition) is 6. The highest BCUT2D eigenvalue weighted by molar-refractivity contribution is 7.99. The minimum absolute atomic E-state index is 0.0488. The smallest absolute Gasteiger partial charge is 0.407 e. The second kappa shape index (κ2) is 19.5. The molecule has 1 aliphatic carbocycles. The highest BCUT2D eigenvalue weighted by atomic mass is 32.2. The van der Waals surface area contributed by atoms with Gasteiger partial charge in [-0.25, -0.2) is 4.79 Å². The van der Waals surface area contributed by atoms with E-state index < -0.39 is 5.60 Å². The molecule has 1 aliphatic rings. The molecule has 1 aromatic heterocycles. The Bertz CT molecular complexity index is 1150. The first-order valence-corrected chi connectivity index (χ1v) is 14.3. The van der Waals surface area contributed by atoms with Gasteiger partial charge in [-0.1, -0.05) is 60.5 Å². The monoisotopic (exact) mass is 561 g/mol. The normalized spacial score (nSPS) is 13.3. The van der Waals surface area contributed by atoms with E-state index in [0.29, 0.717) is 12.6 Å². The molecule has 1 fully saturated rings. The van der Waals surface area contributed by atoms with E-state index in [9.17, 15) is 4.79 Å². The maximum atomic E-state index is 11.8. The standard InChI is InChI=1S/C22H31N3O3S.C7H8.2C2H2/c1-22(2,3)28-21(26)25-12-6-9-20(27-16-7-4-5-8-16)29-17-10-11-18-19(15-17)24-14-13-23-18;1-7-5-3-2-4-6-7;2*1-2/h10-11,13-16,20H,4-9,12H2,1-3H3,(H,25,26);2-6H,1H3;2*1-2H. The largest absolute Gasteiger partial charge is 0.444 e. The van der Waals surface area contributed by atoms with Crippen LogP contribution in [-0.4, -0.2) is 39.7 Å². The van der Waals surface area contributed by atoms with Crippen LogP contribution >= 0.6 is 11.8 Å². The van der Waals surface area contributed by atoms with Crippen molar-refractivity contribution in [3.8, 4) is 25.7 Å². The Balaban J connectivity index is 0.000000617. The van der Waals surface area contributed by atoms with E-state index in [0.717, 1.165) is 41.6 Å². The number of terminal acetylenes is 2. The molecule has 1 saturated carbocycles. The van der Waals surface area contributed by atoms with Crippen LogP contribution in [0.1, 0.15) is 64.9 Å². The number of ether oxygens (including phenoxy) is 2. The summed E-state index contributed by atoms with van der Waals surface area (Å²) in [4.78, 5) is 21.7. The zero-order valence-corrected chi connectivity index (χ0v) is 25.0. The molecule has 4 rings (SSSR count). The third-order valence-electron chi connectivity index (χ3n) is 5.58. The van der Waals surface area contributed by atoms with Crippen LogP contribution < -0.4 is 5.32 Å². The van der Waals surface area contributed by atoms with E-state index in [-0.39, 0.29) is 11.5 Å². The number of nitrogens with one attached hydrogen (secondary N) is 1. The van der Waals surface area contributed by atoms with Crippen LogP contribution in [0.3, 0.4) is 0 Å². The summed E-state index contributed by atoms with van der Waals surface area (Å²) in [6.45, 7) is 8.25. The molecule has 0 aliphatic heterocycles. The van der Waals surface area contributed by atoms with Crippen LogP contribution in [0.2, 0.25) is 0 Å². The van der Waals surface area contributed by atoms with Crippen molar-refractivity contribution in [3.05, 3.63) is 66.5 Å². The first-order chi connectivity index (χ1) is 19.3. The fraction of sp³-hybridized carbons (Fsp3) is 0.424. The third kappa shape index (κ3) is 14.6.